The van der Waals surface area contributed by atoms with Crippen molar-refractivity contribution in [1.82, 2.24) is 5.32 Å². The third-order valence-corrected chi connectivity index (χ3v) is 3.56. The Hall–Kier alpha value is -3.09. The molecule has 2 N–H and O–H groups in total. The standard InChI is InChI=1S/C18H17FN2O4/c19-13-2-1-3-14(9-13)25-11-18(23)20-10-12-4-5-16-15(8-12)21-17(22)6-7-24-16/h1-5,8-9H,6-7,10-11H2,(H,20,23)(H,21,22). The summed E-state index contributed by atoms with van der Waals surface area (Å²) in [5, 5.41) is 5.47. The van der Waals surface area contributed by atoms with E-state index in [2.05, 4.69) is 10.6 Å². The normalized spacial score (nSPS) is 13.1. The smallest absolute Gasteiger partial charge is 0.258 e. The first-order valence-electron chi connectivity index (χ1n) is 7.81. The molecule has 0 saturated carbocycles. The lowest BCUT2D eigenvalue weighted by Gasteiger charge is -2.11. The molecule has 0 aromatic heterocycles. The topological polar surface area (TPSA) is 76.7 Å². The van der Waals surface area contributed by atoms with Crippen molar-refractivity contribution in [3.8, 4) is 11.5 Å². The van der Waals surface area contributed by atoms with E-state index < -0.39 is 5.82 Å². The Bertz CT molecular complexity index is 794. The van der Waals surface area contributed by atoms with Crippen molar-refractivity contribution in [2.45, 2.75) is 13.0 Å². The fraction of sp³-hybridized carbons (Fsp3) is 0.222. The van der Waals surface area contributed by atoms with Crippen molar-refractivity contribution in [1.29, 1.82) is 0 Å². The van der Waals surface area contributed by atoms with Gasteiger partial charge in [-0.1, -0.05) is 12.1 Å². The minimum absolute atomic E-state index is 0.108. The number of hydrogen-bond donors (Lipinski definition) is 2. The molecule has 0 unspecified atom stereocenters. The van der Waals surface area contributed by atoms with Crippen LogP contribution < -0.4 is 20.1 Å². The molecule has 0 fully saturated rings. The lowest BCUT2D eigenvalue weighted by molar-refractivity contribution is -0.123. The van der Waals surface area contributed by atoms with Crippen LogP contribution in [0, 0.1) is 5.82 Å². The highest BCUT2D eigenvalue weighted by atomic mass is 19.1. The second-order valence-corrected chi connectivity index (χ2v) is 5.50. The Morgan fingerprint density at radius 2 is 2.16 bits per heavy atom. The van der Waals surface area contributed by atoms with E-state index >= 15 is 0 Å². The summed E-state index contributed by atoms with van der Waals surface area (Å²) in [6, 6.07) is 10.9. The van der Waals surface area contributed by atoms with Crippen LogP contribution in [0.4, 0.5) is 10.1 Å². The average Bonchev–Trinajstić information content (AvgIpc) is 2.78. The zero-order valence-electron chi connectivity index (χ0n) is 13.4. The van der Waals surface area contributed by atoms with E-state index in [0.29, 0.717) is 30.2 Å². The number of carbonyl (C=O) groups excluding carboxylic acids is 2. The predicted molar refractivity (Wildman–Crippen MR) is 88.9 cm³/mol. The first-order valence-corrected chi connectivity index (χ1v) is 7.81. The molecule has 2 amide bonds. The molecule has 1 aliphatic heterocycles. The third kappa shape index (κ3) is 4.69. The summed E-state index contributed by atoms with van der Waals surface area (Å²) in [5.41, 5.74) is 1.40. The Morgan fingerprint density at radius 3 is 3.00 bits per heavy atom. The molecule has 6 nitrogen and oxygen atoms in total. The van der Waals surface area contributed by atoms with Crippen LogP contribution in [0.25, 0.3) is 0 Å². The minimum atomic E-state index is -0.424. The zero-order chi connectivity index (χ0) is 17.6. The van der Waals surface area contributed by atoms with Crippen LogP contribution in [0.3, 0.4) is 0 Å². The average molecular weight is 344 g/mol. The fourth-order valence-electron chi connectivity index (χ4n) is 2.33. The van der Waals surface area contributed by atoms with Gasteiger partial charge < -0.3 is 20.1 Å². The zero-order valence-corrected chi connectivity index (χ0v) is 13.4. The van der Waals surface area contributed by atoms with Gasteiger partial charge in [0.2, 0.25) is 5.91 Å². The lowest BCUT2D eigenvalue weighted by atomic mass is 10.2. The molecule has 0 saturated heterocycles. The quantitative estimate of drug-likeness (QED) is 0.872. The monoisotopic (exact) mass is 344 g/mol. The third-order valence-electron chi connectivity index (χ3n) is 3.56. The highest BCUT2D eigenvalue weighted by Gasteiger charge is 2.14. The van der Waals surface area contributed by atoms with Crippen molar-refractivity contribution in [2.75, 3.05) is 18.5 Å². The Kier molecular flexibility index (Phi) is 5.13. The first-order chi connectivity index (χ1) is 12.1. The van der Waals surface area contributed by atoms with Crippen LogP contribution in [0.1, 0.15) is 12.0 Å². The van der Waals surface area contributed by atoms with Gasteiger partial charge >= 0.3 is 0 Å². The summed E-state index contributed by atoms with van der Waals surface area (Å²) in [5.74, 6) is 0.0328. The number of nitrogens with one attached hydrogen (secondary N) is 2. The molecule has 2 aromatic rings. The summed E-state index contributed by atoms with van der Waals surface area (Å²) in [6.07, 6.45) is 0.304. The van der Waals surface area contributed by atoms with Crippen LogP contribution in [0.5, 0.6) is 11.5 Å². The van der Waals surface area contributed by atoms with Gasteiger partial charge in [-0.25, -0.2) is 4.39 Å². The van der Waals surface area contributed by atoms with Gasteiger partial charge in [-0.3, -0.25) is 9.59 Å². The van der Waals surface area contributed by atoms with E-state index in [-0.39, 0.29) is 25.0 Å². The SMILES string of the molecule is O=C(COc1cccc(F)c1)NCc1ccc2c(c1)NC(=O)CCO2. The van der Waals surface area contributed by atoms with Gasteiger partial charge in [0.15, 0.2) is 6.61 Å². The molecule has 0 atom stereocenters. The molecule has 3 rings (SSSR count). The van der Waals surface area contributed by atoms with Crippen molar-refractivity contribution >= 4 is 17.5 Å². The van der Waals surface area contributed by atoms with Gasteiger partial charge in [0, 0.05) is 12.6 Å². The molecular formula is C18H17FN2O4. The first kappa shape index (κ1) is 16.8. The van der Waals surface area contributed by atoms with Gasteiger partial charge in [-0.15, -0.1) is 0 Å². The maximum absolute atomic E-state index is 13.0. The van der Waals surface area contributed by atoms with E-state index in [1.807, 2.05) is 6.07 Å². The van der Waals surface area contributed by atoms with Gasteiger partial charge in [0.1, 0.15) is 17.3 Å². The largest absolute Gasteiger partial charge is 0.491 e. The van der Waals surface area contributed by atoms with E-state index in [4.69, 9.17) is 9.47 Å². The molecule has 1 aliphatic rings. The maximum atomic E-state index is 13.0. The van der Waals surface area contributed by atoms with Gasteiger partial charge in [0.25, 0.3) is 5.91 Å². The van der Waals surface area contributed by atoms with Crippen molar-refractivity contribution in [2.24, 2.45) is 0 Å². The van der Waals surface area contributed by atoms with Crippen LogP contribution in [-0.4, -0.2) is 25.0 Å². The van der Waals surface area contributed by atoms with Crippen LogP contribution >= 0.6 is 0 Å². The van der Waals surface area contributed by atoms with Crippen LogP contribution in [0.2, 0.25) is 0 Å². The molecule has 1 heterocycles. The summed E-state index contributed by atoms with van der Waals surface area (Å²) in [6.45, 7) is 0.398. The number of carbonyl (C=O) groups is 2. The van der Waals surface area contributed by atoms with Crippen LogP contribution in [-0.2, 0) is 16.1 Å². The summed E-state index contributed by atoms with van der Waals surface area (Å²) < 4.78 is 23.7. The van der Waals surface area contributed by atoms with Gasteiger partial charge in [0.05, 0.1) is 18.7 Å². The molecular weight excluding hydrogens is 327 g/mol. The Morgan fingerprint density at radius 1 is 1.28 bits per heavy atom. The molecule has 7 heteroatoms. The summed E-state index contributed by atoms with van der Waals surface area (Å²) in [7, 11) is 0. The Balaban J connectivity index is 1.53. The van der Waals surface area contributed by atoms with Crippen molar-refractivity contribution in [3.63, 3.8) is 0 Å². The minimum Gasteiger partial charge on any atom is -0.491 e. The molecule has 25 heavy (non-hydrogen) atoms. The number of rotatable bonds is 5. The highest BCUT2D eigenvalue weighted by molar-refractivity contribution is 5.93. The molecule has 0 aliphatic carbocycles. The molecule has 130 valence electrons. The predicted octanol–water partition coefficient (Wildman–Crippen LogP) is 2.24. The fourth-order valence-corrected chi connectivity index (χ4v) is 2.33. The molecule has 0 radical (unpaired) electrons. The molecule has 2 aromatic carbocycles. The number of ether oxygens (including phenoxy) is 2. The summed E-state index contributed by atoms with van der Waals surface area (Å²) in [4.78, 5) is 23.4. The number of amides is 2. The highest BCUT2D eigenvalue weighted by Crippen LogP contribution is 2.28. The number of anilines is 1. The second-order valence-electron chi connectivity index (χ2n) is 5.50. The lowest BCUT2D eigenvalue weighted by Crippen LogP contribution is -2.28. The maximum Gasteiger partial charge on any atom is 0.258 e. The summed E-state index contributed by atoms with van der Waals surface area (Å²) >= 11 is 0. The number of halogens is 1. The Labute approximate surface area is 143 Å². The number of hydrogen-bond acceptors (Lipinski definition) is 4. The van der Waals surface area contributed by atoms with Gasteiger partial charge in [-0.2, -0.15) is 0 Å². The van der Waals surface area contributed by atoms with Gasteiger partial charge in [-0.05, 0) is 29.8 Å². The van der Waals surface area contributed by atoms with E-state index in [0.717, 1.165) is 5.56 Å². The molecule has 0 spiro atoms. The van der Waals surface area contributed by atoms with Crippen molar-refractivity contribution < 1.29 is 23.5 Å². The van der Waals surface area contributed by atoms with Crippen LogP contribution in [0.15, 0.2) is 42.5 Å². The number of benzene rings is 2. The van der Waals surface area contributed by atoms with Crippen molar-refractivity contribution in [3.05, 3.63) is 53.8 Å². The second kappa shape index (κ2) is 7.65. The van der Waals surface area contributed by atoms with E-state index in [9.17, 15) is 14.0 Å². The van der Waals surface area contributed by atoms with E-state index in [1.165, 1.54) is 18.2 Å². The van der Waals surface area contributed by atoms with E-state index in [1.54, 1.807) is 18.2 Å². The molecule has 0 bridgehead atoms. The number of fused-ring (bicyclic) bond motifs is 1.